The van der Waals surface area contributed by atoms with Gasteiger partial charge in [-0.15, -0.1) is 0 Å². The Labute approximate surface area is 393 Å². The second-order valence-electron chi connectivity index (χ2n) is 19.5. The molecular weight excluding hydrogens is 855 g/mol. The van der Waals surface area contributed by atoms with Crippen molar-refractivity contribution in [3.8, 4) is 0 Å². The number of nitrogens with zero attached hydrogens (tertiary/aromatic N) is 3. The number of benzene rings is 3. The van der Waals surface area contributed by atoms with E-state index in [4.69, 9.17) is 10.5 Å². The Morgan fingerprint density at radius 3 is 1.46 bits per heavy atom. The first kappa shape index (κ1) is 49.9. The molecule has 3 aliphatic heterocycles. The van der Waals surface area contributed by atoms with E-state index in [2.05, 4.69) is 77.0 Å². The largest absolute Gasteiger partial charge is 0.453 e. The third-order valence-electron chi connectivity index (χ3n) is 13.2. The zero-order valence-corrected chi connectivity index (χ0v) is 39.9. The maximum absolute atomic E-state index is 13.4. The average molecular weight is 922 g/mol. The number of nitrogens with two attached hydrogens (primary N) is 1. The molecular formula is C50H67N9O8. The highest BCUT2D eigenvalue weighted by Gasteiger charge is 2.40. The van der Waals surface area contributed by atoms with Crippen LogP contribution in [0.25, 0.3) is 0 Å². The van der Waals surface area contributed by atoms with Crippen molar-refractivity contribution in [2.45, 2.75) is 129 Å². The van der Waals surface area contributed by atoms with Crippen molar-refractivity contribution in [2.24, 2.45) is 17.6 Å². The second-order valence-corrected chi connectivity index (χ2v) is 19.5. The number of amides is 7. The van der Waals surface area contributed by atoms with Crippen molar-refractivity contribution in [3.63, 3.8) is 0 Å². The van der Waals surface area contributed by atoms with E-state index in [-0.39, 0.29) is 35.2 Å². The standard InChI is InChI=1S/C50H67N9O8/c1-29(2)41(51)47(64)57-27-9-11-39(57)45(62)55-53-43(60)33-17-13-31(14-18-33)37-25-26-38(59(37)36-23-21-35(22-24-36)50(5,6)7)32-15-19-34(20-16-32)44(61)54-56-46(63)40-12-10-28-58(40)48(65)42(30(3)4)52-49(66)67-8/h13-24,29-30,37-42H,9-12,25-28,51H2,1-8H3,(H,52,66)(H,53,60)(H,54,61)(H,55,62)(H,56,63)/t37?,38?,39-,40-,41-,42-/m0/s1. The van der Waals surface area contributed by atoms with Gasteiger partial charge in [-0.25, -0.2) is 4.79 Å². The van der Waals surface area contributed by atoms with E-state index in [0.29, 0.717) is 49.9 Å². The van der Waals surface area contributed by atoms with Crippen LogP contribution in [0.1, 0.15) is 136 Å². The Hall–Kier alpha value is -6.49. The maximum atomic E-state index is 13.4. The number of ether oxygens (including phenoxy) is 1. The molecule has 0 saturated carbocycles. The Balaban J connectivity index is 1.12. The van der Waals surface area contributed by atoms with Gasteiger partial charge < -0.3 is 30.5 Å². The minimum atomic E-state index is -0.881. The van der Waals surface area contributed by atoms with Gasteiger partial charge in [0.05, 0.1) is 25.2 Å². The zero-order valence-electron chi connectivity index (χ0n) is 39.9. The SMILES string of the molecule is COC(=O)N[C@H](C(=O)N1CCC[C@H]1C(=O)NNC(=O)c1ccc(C2CCC(c3ccc(C(=O)NNC(=O)[C@@H]4CCCN4C(=O)[C@@H](N)C(C)C)cc3)N2c2ccc(C(C)(C)C)cc2)cc1)C(C)C. The summed E-state index contributed by atoms with van der Waals surface area (Å²) in [6, 6.07) is 19.9. The van der Waals surface area contributed by atoms with E-state index >= 15 is 0 Å². The molecule has 7 amide bonds. The van der Waals surface area contributed by atoms with Crippen LogP contribution in [-0.4, -0.2) is 95.7 Å². The molecule has 0 aromatic heterocycles. The van der Waals surface area contributed by atoms with E-state index in [1.54, 1.807) is 38.1 Å². The molecule has 3 aromatic carbocycles. The normalized spacial score (nSPS) is 20.3. The third kappa shape index (κ3) is 11.6. The van der Waals surface area contributed by atoms with Crippen LogP contribution in [0.2, 0.25) is 0 Å². The lowest BCUT2D eigenvalue weighted by molar-refractivity contribution is -0.141. The van der Waals surface area contributed by atoms with Gasteiger partial charge in [0.1, 0.15) is 18.1 Å². The van der Waals surface area contributed by atoms with Gasteiger partial charge in [0, 0.05) is 29.9 Å². The summed E-state index contributed by atoms with van der Waals surface area (Å²) in [5, 5.41) is 2.56. The molecule has 3 aliphatic rings. The van der Waals surface area contributed by atoms with Gasteiger partial charge in [-0.2, -0.15) is 0 Å². The van der Waals surface area contributed by atoms with E-state index in [1.807, 2.05) is 38.1 Å². The summed E-state index contributed by atoms with van der Waals surface area (Å²) in [6.07, 6.45) is 3.00. The fourth-order valence-electron chi connectivity index (χ4n) is 9.18. The van der Waals surface area contributed by atoms with Crippen LogP contribution in [-0.2, 0) is 29.3 Å². The van der Waals surface area contributed by atoms with Crippen LogP contribution in [0, 0.1) is 11.8 Å². The molecule has 3 fully saturated rings. The fraction of sp³-hybridized carbons (Fsp3) is 0.500. The van der Waals surface area contributed by atoms with E-state index in [9.17, 15) is 33.6 Å². The zero-order chi connectivity index (χ0) is 48.7. The van der Waals surface area contributed by atoms with Gasteiger partial charge in [-0.1, -0.05) is 84.9 Å². The van der Waals surface area contributed by atoms with Gasteiger partial charge in [-0.05, 0) is 109 Å². The van der Waals surface area contributed by atoms with E-state index in [0.717, 1.165) is 29.7 Å². The molecule has 67 heavy (non-hydrogen) atoms. The van der Waals surface area contributed by atoms with Crippen LogP contribution in [0.3, 0.4) is 0 Å². The van der Waals surface area contributed by atoms with Crippen molar-refractivity contribution >= 4 is 47.2 Å². The molecule has 17 heteroatoms. The highest BCUT2D eigenvalue weighted by molar-refractivity contribution is 5.98. The van der Waals surface area contributed by atoms with Crippen molar-refractivity contribution < 1.29 is 38.3 Å². The van der Waals surface area contributed by atoms with Crippen LogP contribution in [0.15, 0.2) is 72.8 Å². The van der Waals surface area contributed by atoms with Crippen LogP contribution in [0.4, 0.5) is 10.5 Å². The summed E-state index contributed by atoms with van der Waals surface area (Å²) in [6.45, 7) is 14.6. The lowest BCUT2D eigenvalue weighted by Gasteiger charge is -2.34. The molecule has 0 spiro atoms. The molecule has 3 aromatic rings. The molecule has 6 rings (SSSR count). The first-order chi connectivity index (χ1) is 31.8. The number of hydrogen-bond acceptors (Lipinski definition) is 10. The van der Waals surface area contributed by atoms with Gasteiger partial charge in [0.2, 0.25) is 11.8 Å². The van der Waals surface area contributed by atoms with Crippen LogP contribution >= 0.6 is 0 Å². The number of carbonyl (C=O) groups excluding carboxylic acids is 7. The first-order valence-corrected chi connectivity index (χ1v) is 23.3. The molecule has 2 unspecified atom stereocenters. The average Bonchev–Trinajstić information content (AvgIpc) is 4.12. The first-order valence-electron chi connectivity index (χ1n) is 23.3. The number of methoxy groups -OCH3 is 1. The van der Waals surface area contributed by atoms with Crippen molar-refractivity contribution in [2.75, 3.05) is 25.1 Å². The Bertz CT molecular complexity index is 2280. The van der Waals surface area contributed by atoms with Gasteiger partial charge in [0.15, 0.2) is 0 Å². The molecule has 0 radical (unpaired) electrons. The number of anilines is 1. The summed E-state index contributed by atoms with van der Waals surface area (Å²) in [4.78, 5) is 96.7. The number of likely N-dealkylation sites (tertiary alicyclic amines) is 2. The predicted molar refractivity (Wildman–Crippen MR) is 253 cm³/mol. The van der Waals surface area contributed by atoms with Gasteiger partial charge in [-0.3, -0.25) is 50.5 Å². The minimum absolute atomic E-state index is 0.0444. The smallest absolute Gasteiger partial charge is 0.407 e. The number of rotatable bonds is 12. The second kappa shape index (κ2) is 21.4. The summed E-state index contributed by atoms with van der Waals surface area (Å²) >= 11 is 0. The van der Waals surface area contributed by atoms with E-state index in [1.165, 1.54) is 22.5 Å². The van der Waals surface area contributed by atoms with Crippen LogP contribution in [0.5, 0.6) is 0 Å². The number of carbonyl (C=O) groups is 7. The van der Waals surface area contributed by atoms with Crippen molar-refractivity contribution in [3.05, 3.63) is 101 Å². The monoisotopic (exact) mass is 922 g/mol. The topological polar surface area (TPSA) is 225 Å². The minimum Gasteiger partial charge on any atom is -0.453 e. The predicted octanol–water partition coefficient (Wildman–Crippen LogP) is 4.93. The van der Waals surface area contributed by atoms with Crippen molar-refractivity contribution in [1.29, 1.82) is 0 Å². The van der Waals surface area contributed by atoms with Gasteiger partial charge >= 0.3 is 6.09 Å². The highest BCUT2D eigenvalue weighted by Crippen LogP contribution is 2.47. The number of nitrogens with one attached hydrogen (secondary N) is 5. The summed E-state index contributed by atoms with van der Waals surface area (Å²) in [5.41, 5.74) is 21.0. The Morgan fingerprint density at radius 1 is 0.612 bits per heavy atom. The molecule has 3 heterocycles. The fourth-order valence-corrected chi connectivity index (χ4v) is 9.18. The van der Waals surface area contributed by atoms with E-state index < -0.39 is 59.8 Å². The summed E-state index contributed by atoms with van der Waals surface area (Å²) in [5.74, 6) is -3.01. The quantitative estimate of drug-likeness (QED) is 0.134. The maximum Gasteiger partial charge on any atom is 0.407 e. The third-order valence-corrected chi connectivity index (χ3v) is 13.2. The summed E-state index contributed by atoms with van der Waals surface area (Å²) in [7, 11) is 1.22. The highest BCUT2D eigenvalue weighted by atomic mass is 16.5. The lowest BCUT2D eigenvalue weighted by Crippen LogP contribution is -2.56. The van der Waals surface area contributed by atoms with Crippen LogP contribution < -0.4 is 37.7 Å². The number of hydrogen-bond donors (Lipinski definition) is 6. The molecule has 0 aliphatic carbocycles. The number of hydrazine groups is 2. The van der Waals surface area contributed by atoms with Gasteiger partial charge in [0.25, 0.3) is 23.6 Å². The Morgan fingerprint density at radius 2 is 1.06 bits per heavy atom. The molecule has 0 bridgehead atoms. The lowest BCUT2D eigenvalue weighted by atomic mass is 9.87. The molecule has 3 saturated heterocycles. The molecule has 6 atom stereocenters. The molecule has 7 N–H and O–H groups in total. The summed E-state index contributed by atoms with van der Waals surface area (Å²) < 4.78 is 4.69. The Kier molecular flexibility index (Phi) is 16.0. The number of alkyl carbamates (subject to hydrolysis) is 1. The molecule has 17 nitrogen and oxygen atoms in total. The molecule has 360 valence electrons. The van der Waals surface area contributed by atoms with Crippen molar-refractivity contribution in [1.82, 2.24) is 36.8 Å².